The molecule has 3 aromatic heterocycles. The number of fused-ring (bicyclic) bond motifs is 1. The smallest absolute Gasteiger partial charge is 0.257 e. The third kappa shape index (κ3) is 4.79. The highest BCUT2D eigenvalue weighted by Gasteiger charge is 2.17. The van der Waals surface area contributed by atoms with Gasteiger partial charge in [-0.05, 0) is 25.1 Å². The fraction of sp³-hybridized carbons (Fsp3) is 0.200. The Hall–Kier alpha value is -2.75. The number of benzene rings is 1. The summed E-state index contributed by atoms with van der Waals surface area (Å²) in [5, 5.41) is 9.08. The molecule has 4 rings (SSSR count). The number of nitrogens with one attached hydrogen (secondary N) is 1. The fourth-order valence-corrected chi connectivity index (χ4v) is 4.21. The summed E-state index contributed by atoms with van der Waals surface area (Å²) in [5.74, 6) is 0.790. The van der Waals surface area contributed by atoms with Crippen molar-refractivity contribution in [3.63, 3.8) is 0 Å². The van der Waals surface area contributed by atoms with Gasteiger partial charge in [0.2, 0.25) is 0 Å². The molecule has 0 fully saturated rings. The summed E-state index contributed by atoms with van der Waals surface area (Å²) >= 11 is 12.5. The maximum atomic E-state index is 11.8. The maximum absolute atomic E-state index is 11.8. The van der Waals surface area contributed by atoms with E-state index in [0.29, 0.717) is 32.6 Å². The van der Waals surface area contributed by atoms with E-state index in [9.17, 15) is 4.21 Å². The molecule has 3 heterocycles. The standard InChI is InChI=1S/C20H18Cl2N6O2S/c1-11(18-15(21)9-23-10-16(18)22)30-13-4-5-17-14(6-13)19(27-26-17)12-7-24-20(25-8-12)28-31(2,3)29/h4-11H,1-3H3,(H,26,27)/t11-/m1/s1. The van der Waals surface area contributed by atoms with Crippen molar-refractivity contribution in [1.82, 2.24) is 25.1 Å². The first-order valence-corrected chi connectivity index (χ1v) is 12.2. The molecule has 1 N–H and O–H groups in total. The molecule has 0 radical (unpaired) electrons. The molecule has 0 saturated heterocycles. The van der Waals surface area contributed by atoms with Gasteiger partial charge < -0.3 is 4.74 Å². The average Bonchev–Trinajstić information content (AvgIpc) is 3.10. The Bertz CT molecular complexity index is 1350. The highest BCUT2D eigenvalue weighted by Crippen LogP contribution is 2.34. The van der Waals surface area contributed by atoms with Crippen LogP contribution in [0.5, 0.6) is 5.75 Å². The third-order valence-corrected chi connectivity index (χ3v) is 5.56. The Morgan fingerprint density at radius 2 is 1.77 bits per heavy atom. The van der Waals surface area contributed by atoms with Crippen molar-refractivity contribution in [2.75, 3.05) is 12.5 Å². The molecule has 160 valence electrons. The first kappa shape index (κ1) is 21.5. The van der Waals surface area contributed by atoms with Crippen LogP contribution in [0.25, 0.3) is 22.2 Å². The Kier molecular flexibility index (Phi) is 5.83. The molecule has 0 spiro atoms. The maximum Gasteiger partial charge on any atom is 0.257 e. The number of H-pyrrole nitrogens is 1. The van der Waals surface area contributed by atoms with Crippen LogP contribution in [0.3, 0.4) is 0 Å². The van der Waals surface area contributed by atoms with Crippen LogP contribution in [0, 0.1) is 0 Å². The highest BCUT2D eigenvalue weighted by molar-refractivity contribution is 7.92. The Morgan fingerprint density at radius 3 is 2.42 bits per heavy atom. The van der Waals surface area contributed by atoms with Crippen molar-refractivity contribution in [3.8, 4) is 17.0 Å². The van der Waals surface area contributed by atoms with Crippen LogP contribution in [0.15, 0.2) is 47.3 Å². The topological polar surface area (TPSA) is 106 Å². The van der Waals surface area contributed by atoms with E-state index in [1.165, 1.54) is 24.9 Å². The van der Waals surface area contributed by atoms with Crippen molar-refractivity contribution < 1.29 is 8.95 Å². The minimum absolute atomic E-state index is 0.169. The Balaban J connectivity index is 1.66. The van der Waals surface area contributed by atoms with E-state index < -0.39 is 15.8 Å². The minimum atomic E-state index is -2.34. The summed E-state index contributed by atoms with van der Waals surface area (Å²) in [6, 6.07) is 5.58. The van der Waals surface area contributed by atoms with Gasteiger partial charge in [0, 0.05) is 63.5 Å². The molecule has 0 aliphatic carbocycles. The lowest BCUT2D eigenvalue weighted by Crippen LogP contribution is -2.05. The molecule has 8 nitrogen and oxygen atoms in total. The molecule has 31 heavy (non-hydrogen) atoms. The van der Waals surface area contributed by atoms with Gasteiger partial charge in [-0.25, -0.2) is 14.2 Å². The van der Waals surface area contributed by atoms with E-state index in [2.05, 4.69) is 29.5 Å². The number of ether oxygens (including phenoxy) is 1. The zero-order valence-electron chi connectivity index (χ0n) is 16.8. The summed E-state index contributed by atoms with van der Waals surface area (Å²) in [6.45, 7) is 1.86. The van der Waals surface area contributed by atoms with E-state index in [1.807, 2.05) is 25.1 Å². The van der Waals surface area contributed by atoms with E-state index in [-0.39, 0.29) is 5.95 Å². The summed E-state index contributed by atoms with van der Waals surface area (Å²) in [7, 11) is -2.34. The largest absolute Gasteiger partial charge is 0.486 e. The van der Waals surface area contributed by atoms with E-state index in [1.54, 1.807) is 12.4 Å². The highest BCUT2D eigenvalue weighted by atomic mass is 35.5. The van der Waals surface area contributed by atoms with Gasteiger partial charge in [-0.1, -0.05) is 23.2 Å². The van der Waals surface area contributed by atoms with Crippen LogP contribution in [0.1, 0.15) is 18.6 Å². The second-order valence-electron chi connectivity index (χ2n) is 7.10. The van der Waals surface area contributed by atoms with Crippen LogP contribution < -0.4 is 4.74 Å². The number of hydrogen-bond donors (Lipinski definition) is 1. The molecule has 0 saturated carbocycles. The van der Waals surface area contributed by atoms with Gasteiger partial charge in [-0.3, -0.25) is 10.1 Å². The molecule has 0 amide bonds. The second-order valence-corrected chi connectivity index (χ2v) is 10.5. The number of rotatable bonds is 5. The number of aromatic nitrogens is 5. The summed E-state index contributed by atoms with van der Waals surface area (Å²) < 4.78 is 21.9. The first-order valence-electron chi connectivity index (χ1n) is 9.14. The Labute approximate surface area is 189 Å². The van der Waals surface area contributed by atoms with Gasteiger partial charge in [0.1, 0.15) is 17.5 Å². The fourth-order valence-electron chi connectivity index (χ4n) is 3.05. The van der Waals surface area contributed by atoms with Gasteiger partial charge in [0.25, 0.3) is 5.95 Å². The molecule has 1 aromatic carbocycles. The zero-order valence-corrected chi connectivity index (χ0v) is 19.2. The predicted octanol–water partition coefficient (Wildman–Crippen LogP) is 5.22. The summed E-state index contributed by atoms with van der Waals surface area (Å²) in [6.07, 6.45) is 8.92. The quantitative estimate of drug-likeness (QED) is 0.423. The molecule has 0 unspecified atom stereocenters. The van der Waals surface area contributed by atoms with Crippen LogP contribution in [0.2, 0.25) is 10.0 Å². The zero-order chi connectivity index (χ0) is 22.2. The van der Waals surface area contributed by atoms with Crippen molar-refractivity contribution in [3.05, 3.63) is 58.6 Å². The average molecular weight is 477 g/mol. The molecular weight excluding hydrogens is 459 g/mol. The molecule has 11 heteroatoms. The SMILES string of the molecule is C[C@@H](Oc1ccc2[nH]nc(-c3cnc(N=S(C)(C)=O)nc3)c2c1)c1c(Cl)cncc1Cl. The van der Waals surface area contributed by atoms with Gasteiger partial charge in [-0.15, -0.1) is 0 Å². The molecule has 1 atom stereocenters. The van der Waals surface area contributed by atoms with Crippen LogP contribution in [-0.2, 0) is 9.73 Å². The Morgan fingerprint density at radius 1 is 1.10 bits per heavy atom. The number of pyridine rings is 1. The molecule has 0 aliphatic rings. The molecule has 0 aliphatic heterocycles. The number of nitrogens with zero attached hydrogens (tertiary/aromatic N) is 5. The lowest BCUT2D eigenvalue weighted by molar-refractivity contribution is 0.227. The molecule has 0 bridgehead atoms. The van der Waals surface area contributed by atoms with Crippen molar-refractivity contribution in [1.29, 1.82) is 0 Å². The van der Waals surface area contributed by atoms with Crippen LogP contribution >= 0.6 is 23.2 Å². The van der Waals surface area contributed by atoms with Crippen LogP contribution in [0.4, 0.5) is 5.95 Å². The second kappa shape index (κ2) is 8.41. The summed E-state index contributed by atoms with van der Waals surface area (Å²) in [5.41, 5.74) is 2.85. The molecule has 4 aromatic rings. The lowest BCUT2D eigenvalue weighted by Gasteiger charge is -2.17. The van der Waals surface area contributed by atoms with Crippen LogP contribution in [-0.4, -0.2) is 41.9 Å². The van der Waals surface area contributed by atoms with E-state index in [4.69, 9.17) is 27.9 Å². The first-order chi connectivity index (χ1) is 14.7. The number of aromatic amines is 1. The summed E-state index contributed by atoms with van der Waals surface area (Å²) in [4.78, 5) is 12.3. The predicted molar refractivity (Wildman–Crippen MR) is 122 cm³/mol. The van der Waals surface area contributed by atoms with E-state index in [0.717, 1.165) is 10.9 Å². The van der Waals surface area contributed by atoms with E-state index >= 15 is 0 Å². The van der Waals surface area contributed by atoms with Gasteiger partial charge in [0.05, 0.1) is 15.6 Å². The third-order valence-electron chi connectivity index (χ3n) is 4.36. The van der Waals surface area contributed by atoms with Gasteiger partial charge in [0.15, 0.2) is 0 Å². The van der Waals surface area contributed by atoms with Crippen molar-refractivity contribution >= 4 is 49.8 Å². The van der Waals surface area contributed by atoms with Crippen molar-refractivity contribution in [2.45, 2.75) is 13.0 Å². The molecular formula is C20H18Cl2N6O2S. The van der Waals surface area contributed by atoms with Crippen molar-refractivity contribution in [2.24, 2.45) is 4.36 Å². The lowest BCUT2D eigenvalue weighted by atomic mass is 10.1. The monoisotopic (exact) mass is 476 g/mol. The normalized spacial score (nSPS) is 12.7. The number of hydrogen-bond acceptors (Lipinski definition) is 7. The number of halogens is 2. The minimum Gasteiger partial charge on any atom is -0.486 e. The van der Waals surface area contributed by atoms with Gasteiger partial charge >= 0.3 is 0 Å². The van der Waals surface area contributed by atoms with Gasteiger partial charge in [-0.2, -0.15) is 9.46 Å².